The van der Waals surface area contributed by atoms with Crippen molar-refractivity contribution < 1.29 is 22.4 Å². The molecule has 176 valence electrons. The van der Waals surface area contributed by atoms with Gasteiger partial charge in [-0.15, -0.1) is 0 Å². The Balaban J connectivity index is 1.61. The second-order valence-corrected chi connectivity index (χ2v) is 9.82. The molecule has 3 rings (SSSR count). The van der Waals surface area contributed by atoms with Crippen LogP contribution in [0.1, 0.15) is 49.3 Å². The first kappa shape index (κ1) is 24.7. The van der Waals surface area contributed by atoms with Gasteiger partial charge in [-0.3, -0.25) is 4.79 Å². The van der Waals surface area contributed by atoms with E-state index in [0.717, 1.165) is 35.8 Å². The maximum Gasteiger partial charge on any atom is 0.336 e. The number of carbonyl (C=O) groups excluding carboxylic acids is 1. The highest BCUT2D eigenvalue weighted by Gasteiger charge is 2.16. The molecule has 7 nitrogen and oxygen atoms in total. The number of hydrogen-bond donors (Lipinski definition) is 1. The Morgan fingerprint density at radius 2 is 1.79 bits per heavy atom. The summed E-state index contributed by atoms with van der Waals surface area (Å²) in [5.41, 5.74) is 2.46. The van der Waals surface area contributed by atoms with Crippen LogP contribution in [0.4, 0.5) is 0 Å². The lowest BCUT2D eigenvalue weighted by Crippen LogP contribution is -2.25. The summed E-state index contributed by atoms with van der Waals surface area (Å²) in [5.74, 6) is -0.167. The third-order valence-corrected chi connectivity index (χ3v) is 6.88. The zero-order chi connectivity index (χ0) is 24.0. The number of sulfonamides is 1. The summed E-state index contributed by atoms with van der Waals surface area (Å²) in [6.07, 6.45) is 3.07. The highest BCUT2D eigenvalue weighted by atomic mass is 32.2. The number of benzene rings is 2. The predicted molar refractivity (Wildman–Crippen MR) is 127 cm³/mol. The van der Waals surface area contributed by atoms with Crippen molar-refractivity contribution in [2.45, 2.75) is 57.8 Å². The standard InChI is InChI=1S/C25H29NO6S/c1-4-5-7-19-16-24(28)32-25-18(3)22(14-13-21(19)25)31-23(27)8-6-15-26-33(29,30)20-11-9-17(2)10-12-20/h9-14,16,26H,4-8,15H2,1-3H3. The Morgan fingerprint density at radius 1 is 1.06 bits per heavy atom. The molecular formula is C25H29NO6S. The van der Waals surface area contributed by atoms with Crippen LogP contribution in [0.25, 0.3) is 11.0 Å². The van der Waals surface area contributed by atoms with Crippen LogP contribution in [0.2, 0.25) is 0 Å². The monoisotopic (exact) mass is 471 g/mol. The first-order chi connectivity index (χ1) is 15.7. The molecule has 0 aliphatic heterocycles. The molecule has 0 atom stereocenters. The number of unbranched alkanes of at least 4 members (excludes halogenated alkanes) is 1. The molecule has 0 aliphatic rings. The van der Waals surface area contributed by atoms with Crippen LogP contribution in [0, 0.1) is 13.8 Å². The van der Waals surface area contributed by atoms with E-state index in [-0.39, 0.29) is 24.3 Å². The van der Waals surface area contributed by atoms with Gasteiger partial charge in [0.2, 0.25) is 10.0 Å². The van der Waals surface area contributed by atoms with Gasteiger partial charge in [0.25, 0.3) is 0 Å². The highest BCUT2D eigenvalue weighted by molar-refractivity contribution is 7.89. The van der Waals surface area contributed by atoms with E-state index in [9.17, 15) is 18.0 Å². The quantitative estimate of drug-likeness (QED) is 0.203. The molecule has 0 unspecified atom stereocenters. The van der Waals surface area contributed by atoms with Gasteiger partial charge in [-0.1, -0.05) is 31.0 Å². The van der Waals surface area contributed by atoms with E-state index in [1.165, 1.54) is 6.07 Å². The van der Waals surface area contributed by atoms with E-state index in [1.807, 2.05) is 6.92 Å². The Morgan fingerprint density at radius 3 is 2.48 bits per heavy atom. The number of hydrogen-bond acceptors (Lipinski definition) is 6. The summed E-state index contributed by atoms with van der Waals surface area (Å²) >= 11 is 0. The van der Waals surface area contributed by atoms with Crippen molar-refractivity contribution in [2.24, 2.45) is 0 Å². The number of nitrogens with one attached hydrogen (secondary N) is 1. The van der Waals surface area contributed by atoms with Crippen molar-refractivity contribution in [2.75, 3.05) is 6.54 Å². The molecule has 0 fully saturated rings. The predicted octanol–water partition coefficient (Wildman–Crippen LogP) is 4.42. The molecule has 33 heavy (non-hydrogen) atoms. The number of rotatable bonds is 10. The molecule has 8 heteroatoms. The molecule has 1 aromatic heterocycles. The molecule has 0 aliphatic carbocycles. The van der Waals surface area contributed by atoms with Crippen molar-refractivity contribution >= 4 is 27.0 Å². The van der Waals surface area contributed by atoms with Gasteiger partial charge in [-0.05, 0) is 62.9 Å². The molecular weight excluding hydrogens is 442 g/mol. The zero-order valence-corrected chi connectivity index (χ0v) is 20.0. The minimum absolute atomic E-state index is 0.0361. The Labute approximate surface area is 193 Å². The van der Waals surface area contributed by atoms with E-state index < -0.39 is 21.6 Å². The van der Waals surface area contributed by atoms with Gasteiger partial charge in [-0.2, -0.15) is 0 Å². The summed E-state index contributed by atoms with van der Waals surface area (Å²) in [5, 5.41) is 0.839. The maximum atomic E-state index is 12.3. The lowest BCUT2D eigenvalue weighted by molar-refractivity contribution is -0.134. The fourth-order valence-electron chi connectivity index (χ4n) is 3.51. The fraction of sp³-hybridized carbons (Fsp3) is 0.360. The number of esters is 1. The largest absolute Gasteiger partial charge is 0.426 e. The summed E-state index contributed by atoms with van der Waals surface area (Å²) in [7, 11) is -3.62. The van der Waals surface area contributed by atoms with Crippen molar-refractivity contribution in [3.63, 3.8) is 0 Å². The van der Waals surface area contributed by atoms with Crippen LogP contribution in [-0.2, 0) is 21.2 Å². The molecule has 0 spiro atoms. The number of aryl methyl sites for hydroxylation is 3. The van der Waals surface area contributed by atoms with E-state index >= 15 is 0 Å². The van der Waals surface area contributed by atoms with E-state index in [1.54, 1.807) is 43.3 Å². The molecule has 0 radical (unpaired) electrons. The topological polar surface area (TPSA) is 103 Å². The maximum absolute atomic E-state index is 12.3. The van der Waals surface area contributed by atoms with E-state index in [0.29, 0.717) is 16.9 Å². The Bertz CT molecular complexity index is 1290. The second kappa shape index (κ2) is 10.8. The third kappa shape index (κ3) is 6.30. The van der Waals surface area contributed by atoms with Gasteiger partial charge in [0, 0.05) is 30.0 Å². The molecule has 1 N–H and O–H groups in total. The lowest BCUT2D eigenvalue weighted by atomic mass is 10.0. The minimum atomic E-state index is -3.62. The number of fused-ring (bicyclic) bond motifs is 1. The summed E-state index contributed by atoms with van der Waals surface area (Å²) < 4.78 is 38.0. The van der Waals surface area contributed by atoms with Crippen LogP contribution in [0.15, 0.2) is 56.6 Å². The van der Waals surface area contributed by atoms with Crippen molar-refractivity contribution in [1.82, 2.24) is 4.72 Å². The molecule has 3 aromatic rings. The first-order valence-electron chi connectivity index (χ1n) is 11.0. The van der Waals surface area contributed by atoms with Crippen LogP contribution in [0.3, 0.4) is 0 Å². The van der Waals surface area contributed by atoms with Crippen LogP contribution < -0.4 is 15.1 Å². The van der Waals surface area contributed by atoms with Crippen LogP contribution in [-0.4, -0.2) is 20.9 Å². The minimum Gasteiger partial charge on any atom is -0.426 e. The average molecular weight is 472 g/mol. The number of carbonyl (C=O) groups is 1. The summed E-state index contributed by atoms with van der Waals surface area (Å²) in [6.45, 7) is 5.82. The SMILES string of the molecule is CCCCc1cc(=O)oc2c(C)c(OC(=O)CCCNS(=O)(=O)c3ccc(C)cc3)ccc12. The van der Waals surface area contributed by atoms with Crippen LogP contribution >= 0.6 is 0 Å². The van der Waals surface area contributed by atoms with Gasteiger partial charge < -0.3 is 9.15 Å². The highest BCUT2D eigenvalue weighted by Crippen LogP contribution is 2.29. The zero-order valence-electron chi connectivity index (χ0n) is 19.1. The van der Waals surface area contributed by atoms with Crippen molar-refractivity contribution in [1.29, 1.82) is 0 Å². The van der Waals surface area contributed by atoms with Crippen molar-refractivity contribution in [3.05, 3.63) is 69.6 Å². The molecule has 0 saturated carbocycles. The number of ether oxygens (including phenoxy) is 1. The molecule has 0 bridgehead atoms. The van der Waals surface area contributed by atoms with Gasteiger partial charge in [0.1, 0.15) is 11.3 Å². The average Bonchev–Trinajstić information content (AvgIpc) is 2.77. The molecule has 2 aromatic carbocycles. The molecule has 1 heterocycles. The van der Waals surface area contributed by atoms with E-state index in [4.69, 9.17) is 9.15 Å². The summed E-state index contributed by atoms with van der Waals surface area (Å²) in [6, 6.07) is 11.6. The van der Waals surface area contributed by atoms with Gasteiger partial charge in [0.05, 0.1) is 4.90 Å². The Hall–Kier alpha value is -2.97. The lowest BCUT2D eigenvalue weighted by Gasteiger charge is -2.11. The van der Waals surface area contributed by atoms with Crippen LogP contribution in [0.5, 0.6) is 5.75 Å². The molecule has 0 amide bonds. The first-order valence-corrected chi connectivity index (χ1v) is 12.5. The van der Waals surface area contributed by atoms with Gasteiger partial charge >= 0.3 is 11.6 Å². The van der Waals surface area contributed by atoms with Crippen molar-refractivity contribution in [3.8, 4) is 5.75 Å². The summed E-state index contributed by atoms with van der Waals surface area (Å²) in [4.78, 5) is 24.5. The van der Waals surface area contributed by atoms with Gasteiger partial charge in [0.15, 0.2) is 0 Å². The Kier molecular flexibility index (Phi) is 8.05. The third-order valence-electron chi connectivity index (χ3n) is 5.40. The fourth-order valence-corrected chi connectivity index (χ4v) is 4.58. The van der Waals surface area contributed by atoms with Gasteiger partial charge in [-0.25, -0.2) is 17.9 Å². The molecule has 0 saturated heterocycles. The smallest absolute Gasteiger partial charge is 0.336 e. The van der Waals surface area contributed by atoms with E-state index in [2.05, 4.69) is 11.6 Å². The second-order valence-electron chi connectivity index (χ2n) is 8.05. The normalized spacial score (nSPS) is 11.6.